The van der Waals surface area contributed by atoms with E-state index in [1.807, 2.05) is 4.57 Å². The molecule has 0 saturated carbocycles. The Balaban J connectivity index is 1.91. The molecular formula is C22H16F3NO4. The standard InChI is InChI=1S/C22H16F3NO4/c1-29-21(28)15-7-3-8-16-19(15)20-17(9-4-10-18(20)27)26(16)12-13-5-2-6-14(11-13)30-22(23,24)25/h2-11,27H,12H2,1H3. The predicted octanol–water partition coefficient (Wildman–Crippen LogP) is 5.23. The highest BCUT2D eigenvalue weighted by molar-refractivity contribution is 6.19. The number of halogens is 3. The quantitative estimate of drug-likeness (QED) is 0.464. The second-order valence-corrected chi connectivity index (χ2v) is 6.64. The number of rotatable bonds is 4. The van der Waals surface area contributed by atoms with Gasteiger partial charge in [0, 0.05) is 11.9 Å². The number of aromatic nitrogens is 1. The fraction of sp³-hybridized carbons (Fsp3) is 0.136. The molecule has 4 rings (SSSR count). The first-order chi connectivity index (χ1) is 14.3. The van der Waals surface area contributed by atoms with E-state index < -0.39 is 12.3 Å². The maximum atomic E-state index is 12.6. The molecule has 0 bridgehead atoms. The molecule has 0 amide bonds. The summed E-state index contributed by atoms with van der Waals surface area (Å²) >= 11 is 0. The van der Waals surface area contributed by atoms with Gasteiger partial charge >= 0.3 is 12.3 Å². The molecule has 1 N–H and O–H groups in total. The highest BCUT2D eigenvalue weighted by Crippen LogP contribution is 2.38. The van der Waals surface area contributed by atoms with Gasteiger partial charge in [0.2, 0.25) is 0 Å². The Morgan fingerprint density at radius 2 is 1.67 bits per heavy atom. The van der Waals surface area contributed by atoms with E-state index in [2.05, 4.69) is 4.74 Å². The van der Waals surface area contributed by atoms with E-state index in [9.17, 15) is 23.1 Å². The lowest BCUT2D eigenvalue weighted by atomic mass is 10.1. The Morgan fingerprint density at radius 1 is 1.00 bits per heavy atom. The van der Waals surface area contributed by atoms with Crippen LogP contribution in [-0.2, 0) is 11.3 Å². The summed E-state index contributed by atoms with van der Waals surface area (Å²) in [4.78, 5) is 12.3. The van der Waals surface area contributed by atoms with Crippen LogP contribution in [0.3, 0.4) is 0 Å². The summed E-state index contributed by atoms with van der Waals surface area (Å²) in [5.41, 5.74) is 2.11. The molecule has 1 heterocycles. The van der Waals surface area contributed by atoms with Gasteiger partial charge in [-0.2, -0.15) is 0 Å². The summed E-state index contributed by atoms with van der Waals surface area (Å²) in [7, 11) is 1.27. The SMILES string of the molecule is COC(=O)c1cccc2c1c1c(O)cccc1n2Cc1cccc(OC(F)(F)F)c1. The van der Waals surface area contributed by atoms with Gasteiger partial charge in [-0.25, -0.2) is 4.79 Å². The van der Waals surface area contributed by atoms with Crippen LogP contribution in [0, 0.1) is 0 Å². The number of carbonyl (C=O) groups excluding carboxylic acids is 1. The summed E-state index contributed by atoms with van der Waals surface area (Å²) in [6, 6.07) is 15.7. The zero-order valence-electron chi connectivity index (χ0n) is 15.7. The molecular weight excluding hydrogens is 399 g/mol. The molecule has 0 aliphatic carbocycles. The molecule has 3 aromatic carbocycles. The van der Waals surface area contributed by atoms with Gasteiger partial charge in [0.15, 0.2) is 0 Å². The lowest BCUT2D eigenvalue weighted by Crippen LogP contribution is -2.17. The maximum absolute atomic E-state index is 12.6. The van der Waals surface area contributed by atoms with E-state index in [0.717, 1.165) is 0 Å². The third-order valence-electron chi connectivity index (χ3n) is 4.77. The fourth-order valence-corrected chi connectivity index (χ4v) is 3.64. The third kappa shape index (κ3) is 3.52. The van der Waals surface area contributed by atoms with Crippen LogP contribution < -0.4 is 4.74 Å². The van der Waals surface area contributed by atoms with Crippen LogP contribution in [-0.4, -0.2) is 29.1 Å². The second-order valence-electron chi connectivity index (χ2n) is 6.64. The van der Waals surface area contributed by atoms with Gasteiger partial charge in [-0.05, 0) is 42.0 Å². The van der Waals surface area contributed by atoms with Crippen LogP contribution >= 0.6 is 0 Å². The average molecular weight is 415 g/mol. The molecule has 8 heteroatoms. The molecule has 0 unspecified atom stereocenters. The minimum absolute atomic E-state index is 0.0123. The number of aromatic hydroxyl groups is 1. The van der Waals surface area contributed by atoms with Crippen molar-refractivity contribution >= 4 is 27.8 Å². The van der Waals surface area contributed by atoms with E-state index in [1.54, 1.807) is 36.4 Å². The van der Waals surface area contributed by atoms with E-state index in [0.29, 0.717) is 27.4 Å². The molecule has 1 aromatic heterocycles. The largest absolute Gasteiger partial charge is 0.573 e. The molecule has 5 nitrogen and oxygen atoms in total. The van der Waals surface area contributed by atoms with Crippen LogP contribution in [0.4, 0.5) is 13.2 Å². The minimum Gasteiger partial charge on any atom is -0.507 e. The minimum atomic E-state index is -4.79. The van der Waals surface area contributed by atoms with Crippen LogP contribution in [0.25, 0.3) is 21.8 Å². The summed E-state index contributed by atoms with van der Waals surface area (Å²) < 4.78 is 48.4. The van der Waals surface area contributed by atoms with Gasteiger partial charge < -0.3 is 19.1 Å². The molecule has 0 aliphatic rings. The number of benzene rings is 3. The van der Waals surface area contributed by atoms with E-state index in [-0.39, 0.29) is 23.6 Å². The van der Waals surface area contributed by atoms with Crippen molar-refractivity contribution in [2.24, 2.45) is 0 Å². The first-order valence-corrected chi connectivity index (χ1v) is 8.94. The van der Waals surface area contributed by atoms with Gasteiger partial charge in [-0.3, -0.25) is 0 Å². The molecule has 0 radical (unpaired) electrons. The number of phenols is 1. The number of hydrogen-bond donors (Lipinski definition) is 1. The van der Waals surface area contributed by atoms with Crippen molar-refractivity contribution in [2.45, 2.75) is 12.9 Å². The van der Waals surface area contributed by atoms with Gasteiger partial charge in [0.1, 0.15) is 11.5 Å². The molecule has 30 heavy (non-hydrogen) atoms. The topological polar surface area (TPSA) is 60.7 Å². The summed E-state index contributed by atoms with van der Waals surface area (Å²) in [5.74, 6) is -0.885. The zero-order chi connectivity index (χ0) is 21.5. The number of carbonyl (C=O) groups is 1. The number of phenolic OH excluding ortho intramolecular Hbond substituents is 1. The van der Waals surface area contributed by atoms with Crippen LogP contribution in [0.2, 0.25) is 0 Å². The van der Waals surface area contributed by atoms with Crippen molar-refractivity contribution in [3.05, 3.63) is 71.8 Å². The van der Waals surface area contributed by atoms with Gasteiger partial charge in [-0.15, -0.1) is 13.2 Å². The number of fused-ring (bicyclic) bond motifs is 3. The first kappa shape index (κ1) is 19.6. The van der Waals surface area contributed by atoms with Crippen molar-refractivity contribution in [1.82, 2.24) is 4.57 Å². The Kier molecular flexibility index (Phi) is 4.77. The number of nitrogens with zero attached hydrogens (tertiary/aromatic N) is 1. The van der Waals surface area contributed by atoms with Gasteiger partial charge in [0.25, 0.3) is 0 Å². The van der Waals surface area contributed by atoms with Crippen molar-refractivity contribution in [3.8, 4) is 11.5 Å². The maximum Gasteiger partial charge on any atom is 0.573 e. The second kappa shape index (κ2) is 7.29. The molecule has 0 aliphatic heterocycles. The highest BCUT2D eigenvalue weighted by Gasteiger charge is 2.31. The third-order valence-corrected chi connectivity index (χ3v) is 4.77. The predicted molar refractivity (Wildman–Crippen MR) is 105 cm³/mol. The number of ether oxygens (including phenoxy) is 2. The normalized spacial score (nSPS) is 11.7. The van der Waals surface area contributed by atoms with Crippen molar-refractivity contribution in [2.75, 3.05) is 7.11 Å². The fourth-order valence-electron chi connectivity index (χ4n) is 3.64. The van der Waals surface area contributed by atoms with Crippen LogP contribution in [0.15, 0.2) is 60.7 Å². The summed E-state index contributed by atoms with van der Waals surface area (Å²) in [6.07, 6.45) is -4.79. The van der Waals surface area contributed by atoms with E-state index in [4.69, 9.17) is 4.74 Å². The Hall–Kier alpha value is -3.68. The van der Waals surface area contributed by atoms with Crippen molar-refractivity contribution in [3.63, 3.8) is 0 Å². The Morgan fingerprint density at radius 3 is 2.37 bits per heavy atom. The molecule has 0 atom stereocenters. The van der Waals surface area contributed by atoms with Crippen molar-refractivity contribution in [1.29, 1.82) is 0 Å². The Bertz CT molecular complexity index is 1260. The lowest BCUT2D eigenvalue weighted by molar-refractivity contribution is -0.274. The average Bonchev–Trinajstić information content (AvgIpc) is 3.01. The molecule has 0 spiro atoms. The number of methoxy groups -OCH3 is 1. The number of esters is 1. The number of hydrogen-bond acceptors (Lipinski definition) is 4. The Labute approximate surface area is 168 Å². The first-order valence-electron chi connectivity index (χ1n) is 8.94. The van der Waals surface area contributed by atoms with Gasteiger partial charge in [0.05, 0.1) is 29.1 Å². The molecule has 4 aromatic rings. The monoisotopic (exact) mass is 415 g/mol. The number of alkyl halides is 3. The zero-order valence-corrected chi connectivity index (χ0v) is 15.7. The van der Waals surface area contributed by atoms with Crippen molar-refractivity contribution < 1.29 is 32.5 Å². The molecule has 0 fully saturated rings. The molecule has 154 valence electrons. The molecule has 0 saturated heterocycles. The van der Waals surface area contributed by atoms with Crippen LogP contribution in [0.5, 0.6) is 11.5 Å². The lowest BCUT2D eigenvalue weighted by Gasteiger charge is -2.12. The summed E-state index contributed by atoms with van der Waals surface area (Å²) in [5, 5.41) is 11.5. The van der Waals surface area contributed by atoms with Crippen LogP contribution in [0.1, 0.15) is 15.9 Å². The van der Waals surface area contributed by atoms with E-state index in [1.165, 1.54) is 31.4 Å². The van der Waals surface area contributed by atoms with E-state index >= 15 is 0 Å². The van der Waals surface area contributed by atoms with Gasteiger partial charge in [-0.1, -0.05) is 24.3 Å². The highest BCUT2D eigenvalue weighted by atomic mass is 19.4. The summed E-state index contributed by atoms with van der Waals surface area (Å²) in [6.45, 7) is 0.198. The smallest absolute Gasteiger partial charge is 0.507 e.